The number of benzene rings is 2. The first-order chi connectivity index (χ1) is 17.5. The molecule has 1 aliphatic rings. The van der Waals surface area contributed by atoms with E-state index in [-0.39, 0.29) is 11.9 Å². The number of carbonyl (C=O) groups excluding carboxylic acids is 2. The number of nitrogens with zero attached hydrogens (tertiary/aromatic N) is 4. The molecule has 0 aliphatic carbocycles. The normalized spacial score (nSPS) is 13.2. The third-order valence-electron chi connectivity index (χ3n) is 6.12. The molecule has 0 atom stereocenters. The van der Waals surface area contributed by atoms with Crippen LogP contribution in [0.2, 0.25) is 0 Å². The van der Waals surface area contributed by atoms with Gasteiger partial charge in [0.2, 0.25) is 0 Å². The molecule has 188 valence electrons. The minimum atomic E-state index is -0.331. The lowest BCUT2D eigenvalue weighted by molar-refractivity contribution is 0.0766. The van der Waals surface area contributed by atoms with Gasteiger partial charge in [0, 0.05) is 48.7 Å². The van der Waals surface area contributed by atoms with Gasteiger partial charge in [0.05, 0.1) is 13.2 Å². The van der Waals surface area contributed by atoms with E-state index >= 15 is 0 Å². The molecular formula is C27H32N6O3. The maximum atomic E-state index is 13.3. The zero-order valence-corrected chi connectivity index (χ0v) is 21.0. The van der Waals surface area contributed by atoms with E-state index in [9.17, 15) is 9.59 Å². The summed E-state index contributed by atoms with van der Waals surface area (Å²) in [7, 11) is 0. The summed E-state index contributed by atoms with van der Waals surface area (Å²) >= 11 is 0. The lowest BCUT2D eigenvalue weighted by Gasteiger charge is -2.30. The largest absolute Gasteiger partial charge is 0.378 e. The molecule has 1 aliphatic heterocycles. The number of morpholine rings is 1. The van der Waals surface area contributed by atoms with Crippen LogP contribution in [-0.2, 0) is 4.74 Å². The SMILES string of the molecule is CCN(CC)C(=O)c1nc(-c2ccc(NC(=O)Nc3ccccc3)cc2)nc(N2CCOCC2)c1C. The first-order valence-corrected chi connectivity index (χ1v) is 12.2. The summed E-state index contributed by atoms with van der Waals surface area (Å²) in [5, 5.41) is 5.62. The second kappa shape index (κ2) is 11.6. The van der Waals surface area contributed by atoms with Gasteiger partial charge in [0.25, 0.3) is 5.91 Å². The van der Waals surface area contributed by atoms with E-state index in [1.807, 2.05) is 63.2 Å². The van der Waals surface area contributed by atoms with E-state index in [1.54, 1.807) is 17.0 Å². The maximum Gasteiger partial charge on any atom is 0.323 e. The van der Waals surface area contributed by atoms with Crippen LogP contribution in [0.1, 0.15) is 29.9 Å². The molecule has 1 saturated heterocycles. The molecule has 36 heavy (non-hydrogen) atoms. The number of nitrogens with one attached hydrogen (secondary N) is 2. The van der Waals surface area contributed by atoms with E-state index in [0.29, 0.717) is 62.3 Å². The van der Waals surface area contributed by atoms with Crippen LogP contribution in [0.4, 0.5) is 22.0 Å². The Balaban J connectivity index is 1.61. The third-order valence-corrected chi connectivity index (χ3v) is 6.12. The summed E-state index contributed by atoms with van der Waals surface area (Å²) in [6, 6.07) is 16.2. The number of aromatic nitrogens is 2. The predicted octanol–water partition coefficient (Wildman–Crippen LogP) is 4.41. The Labute approximate surface area is 211 Å². The molecule has 2 N–H and O–H groups in total. The topological polar surface area (TPSA) is 99.7 Å². The zero-order valence-electron chi connectivity index (χ0n) is 21.0. The van der Waals surface area contributed by atoms with Gasteiger partial charge in [-0.1, -0.05) is 18.2 Å². The number of para-hydroxylation sites is 1. The minimum Gasteiger partial charge on any atom is -0.378 e. The van der Waals surface area contributed by atoms with Gasteiger partial charge in [0.15, 0.2) is 5.82 Å². The number of hydrogen-bond acceptors (Lipinski definition) is 6. The molecule has 1 fully saturated rings. The lowest BCUT2D eigenvalue weighted by atomic mass is 10.1. The Hall–Kier alpha value is -3.98. The van der Waals surface area contributed by atoms with E-state index in [1.165, 1.54) is 0 Å². The van der Waals surface area contributed by atoms with Crippen molar-refractivity contribution in [2.45, 2.75) is 20.8 Å². The van der Waals surface area contributed by atoms with Gasteiger partial charge in [-0.2, -0.15) is 0 Å². The molecule has 1 aromatic heterocycles. The first-order valence-electron chi connectivity index (χ1n) is 12.2. The van der Waals surface area contributed by atoms with Crippen LogP contribution >= 0.6 is 0 Å². The van der Waals surface area contributed by atoms with Crippen LogP contribution in [0.5, 0.6) is 0 Å². The number of amides is 3. The van der Waals surface area contributed by atoms with E-state index in [4.69, 9.17) is 14.7 Å². The molecule has 3 aromatic rings. The first kappa shape index (κ1) is 25.1. The van der Waals surface area contributed by atoms with Gasteiger partial charge >= 0.3 is 6.03 Å². The number of carbonyl (C=O) groups is 2. The quantitative estimate of drug-likeness (QED) is 0.511. The highest BCUT2D eigenvalue weighted by Crippen LogP contribution is 2.27. The van der Waals surface area contributed by atoms with Crippen molar-refractivity contribution in [1.82, 2.24) is 14.9 Å². The van der Waals surface area contributed by atoms with Crippen LogP contribution in [0.25, 0.3) is 11.4 Å². The zero-order chi connectivity index (χ0) is 25.5. The Kier molecular flexibility index (Phi) is 8.12. The summed E-state index contributed by atoms with van der Waals surface area (Å²) in [5.74, 6) is 1.12. The number of urea groups is 1. The summed E-state index contributed by atoms with van der Waals surface area (Å²) in [5.41, 5.74) is 3.28. The van der Waals surface area contributed by atoms with Gasteiger partial charge in [0.1, 0.15) is 11.5 Å². The van der Waals surface area contributed by atoms with Crippen molar-refractivity contribution in [3.63, 3.8) is 0 Å². The highest BCUT2D eigenvalue weighted by molar-refractivity contribution is 6.00. The molecule has 0 saturated carbocycles. The lowest BCUT2D eigenvalue weighted by Crippen LogP contribution is -2.38. The highest BCUT2D eigenvalue weighted by atomic mass is 16.5. The van der Waals surface area contributed by atoms with Gasteiger partial charge in [-0.25, -0.2) is 14.8 Å². The van der Waals surface area contributed by atoms with Gasteiger partial charge < -0.3 is 25.2 Å². The molecule has 0 unspecified atom stereocenters. The molecule has 0 bridgehead atoms. The van der Waals surface area contributed by atoms with Crippen molar-refractivity contribution in [2.24, 2.45) is 0 Å². The molecular weight excluding hydrogens is 456 g/mol. The monoisotopic (exact) mass is 488 g/mol. The molecule has 2 heterocycles. The van der Waals surface area contributed by atoms with Gasteiger partial charge in [-0.3, -0.25) is 4.79 Å². The molecule has 3 amide bonds. The van der Waals surface area contributed by atoms with Crippen molar-refractivity contribution in [2.75, 3.05) is 54.9 Å². The van der Waals surface area contributed by atoms with Gasteiger partial charge in [-0.05, 0) is 57.2 Å². The summed E-state index contributed by atoms with van der Waals surface area (Å²) in [6.45, 7) is 9.67. The fraction of sp³-hybridized carbons (Fsp3) is 0.333. The van der Waals surface area contributed by atoms with E-state index in [0.717, 1.165) is 16.9 Å². The molecule has 0 spiro atoms. The van der Waals surface area contributed by atoms with E-state index in [2.05, 4.69) is 15.5 Å². The third kappa shape index (κ3) is 5.80. The van der Waals surface area contributed by atoms with E-state index < -0.39 is 0 Å². The van der Waals surface area contributed by atoms with Crippen molar-refractivity contribution in [1.29, 1.82) is 0 Å². The summed E-state index contributed by atoms with van der Waals surface area (Å²) in [4.78, 5) is 39.1. The Morgan fingerprint density at radius 2 is 1.53 bits per heavy atom. The molecule has 9 nitrogen and oxygen atoms in total. The van der Waals surface area contributed by atoms with Crippen molar-refractivity contribution < 1.29 is 14.3 Å². The van der Waals surface area contributed by atoms with Crippen LogP contribution in [0.3, 0.4) is 0 Å². The number of hydrogen-bond donors (Lipinski definition) is 2. The van der Waals surface area contributed by atoms with Crippen LogP contribution in [0, 0.1) is 6.92 Å². The van der Waals surface area contributed by atoms with Crippen molar-refractivity contribution >= 4 is 29.1 Å². The Morgan fingerprint density at radius 3 is 2.14 bits per heavy atom. The Bertz CT molecular complexity index is 1190. The average Bonchev–Trinajstić information content (AvgIpc) is 2.91. The predicted molar refractivity (Wildman–Crippen MR) is 142 cm³/mol. The fourth-order valence-electron chi connectivity index (χ4n) is 4.10. The second-order valence-electron chi connectivity index (χ2n) is 8.44. The number of ether oxygens (including phenoxy) is 1. The highest BCUT2D eigenvalue weighted by Gasteiger charge is 2.25. The Morgan fingerprint density at radius 1 is 0.917 bits per heavy atom. The minimum absolute atomic E-state index is 0.105. The standard InChI is InChI=1S/C27H32N6O3/c1-4-32(5-2)26(34)23-19(3)25(33-15-17-36-18-16-33)31-24(30-23)20-11-13-22(14-12-20)29-27(35)28-21-9-7-6-8-10-21/h6-14H,4-5,15-18H2,1-3H3,(H2,28,29,35). The molecule has 4 rings (SSSR count). The summed E-state index contributed by atoms with van der Waals surface area (Å²) < 4.78 is 5.51. The molecule has 0 radical (unpaired) electrons. The summed E-state index contributed by atoms with van der Waals surface area (Å²) in [6.07, 6.45) is 0. The fourth-order valence-corrected chi connectivity index (χ4v) is 4.10. The number of anilines is 3. The molecule has 2 aromatic carbocycles. The molecule has 9 heteroatoms. The van der Waals surface area contributed by atoms with Crippen LogP contribution < -0.4 is 15.5 Å². The van der Waals surface area contributed by atoms with Gasteiger partial charge in [-0.15, -0.1) is 0 Å². The van der Waals surface area contributed by atoms with Crippen molar-refractivity contribution in [3.05, 3.63) is 65.9 Å². The van der Waals surface area contributed by atoms with Crippen molar-refractivity contribution in [3.8, 4) is 11.4 Å². The van der Waals surface area contributed by atoms with Crippen LogP contribution in [0.15, 0.2) is 54.6 Å². The second-order valence-corrected chi connectivity index (χ2v) is 8.44. The smallest absolute Gasteiger partial charge is 0.323 e. The van der Waals surface area contributed by atoms with Crippen LogP contribution in [-0.4, -0.2) is 66.2 Å². The average molecular weight is 489 g/mol. The number of rotatable bonds is 7. The maximum absolute atomic E-state index is 13.3.